The minimum atomic E-state index is -4.36. The van der Waals surface area contributed by atoms with Gasteiger partial charge in [0.15, 0.2) is 0 Å². The van der Waals surface area contributed by atoms with Gasteiger partial charge in [-0.15, -0.1) is 6.58 Å². The molecule has 4 aromatic rings. The molecule has 0 amide bonds. The van der Waals surface area contributed by atoms with Gasteiger partial charge in [-0.1, -0.05) is 48.5 Å². The lowest BCUT2D eigenvalue weighted by molar-refractivity contribution is -0.137. The van der Waals surface area contributed by atoms with Crippen LogP contribution in [-0.4, -0.2) is 9.97 Å². The number of hydrogen-bond donors (Lipinski definition) is 0. The highest BCUT2D eigenvalue weighted by Gasteiger charge is 2.29. The fourth-order valence-electron chi connectivity index (χ4n) is 4.04. The summed E-state index contributed by atoms with van der Waals surface area (Å²) in [6.45, 7) is 3.72. The molecule has 6 heteroatoms. The van der Waals surface area contributed by atoms with E-state index in [0.29, 0.717) is 30.2 Å². The van der Waals surface area contributed by atoms with Gasteiger partial charge in [0.2, 0.25) is 0 Å². The average Bonchev–Trinajstić information content (AvgIpc) is 2.86. The molecule has 0 saturated carbocycles. The van der Waals surface area contributed by atoms with Gasteiger partial charge in [0.25, 0.3) is 0 Å². The number of hydrogen-bond acceptors (Lipinski definition) is 2. The van der Waals surface area contributed by atoms with Crippen molar-refractivity contribution >= 4 is 10.8 Å². The highest BCUT2D eigenvalue weighted by molar-refractivity contribution is 5.84. The lowest BCUT2D eigenvalue weighted by atomic mass is 9.98. The molecule has 0 N–H and O–H groups in total. The number of aromatic nitrogens is 2. The molecule has 0 aliphatic carbocycles. The first-order valence-electron chi connectivity index (χ1n) is 11.6. The summed E-state index contributed by atoms with van der Waals surface area (Å²) in [5.74, 6) is 0.497. The van der Waals surface area contributed by atoms with Gasteiger partial charge in [-0.2, -0.15) is 13.2 Å². The van der Waals surface area contributed by atoms with Crippen molar-refractivity contribution in [1.29, 1.82) is 0 Å². The average molecular weight is 479 g/mol. The Hall–Kier alpha value is -3.54. The van der Waals surface area contributed by atoms with Crippen LogP contribution in [0.1, 0.15) is 40.1 Å². The van der Waals surface area contributed by atoms with Crippen molar-refractivity contribution in [3.8, 4) is 0 Å². The first kappa shape index (κ1) is 24.6. The van der Waals surface area contributed by atoms with Crippen molar-refractivity contribution in [3.63, 3.8) is 0 Å². The fourth-order valence-corrected chi connectivity index (χ4v) is 4.04. The SMILES string of the molecule is C=CCCc1cnc(CCc2ccc3c(F)c(CCc4ccc(C(F)(F)F)cc4)ccc3c2)nc1. The van der Waals surface area contributed by atoms with Crippen LogP contribution in [0, 0.1) is 5.82 Å². The van der Waals surface area contributed by atoms with Crippen molar-refractivity contribution in [3.05, 3.63) is 119 Å². The maximum absolute atomic E-state index is 15.1. The summed E-state index contributed by atoms with van der Waals surface area (Å²) in [7, 11) is 0. The standard InChI is InChI=1S/C29H26F4N2/c1-2-3-4-22-18-34-27(35-19-22)16-9-21-8-15-26-24(17-21)12-11-23(28(26)30)10-5-20-6-13-25(14-7-20)29(31,32)33/h2,6-8,11-15,17-19H,1,3-5,9-10,16H2. The van der Waals surface area contributed by atoms with E-state index in [9.17, 15) is 13.2 Å². The third-order valence-electron chi connectivity index (χ3n) is 6.10. The summed E-state index contributed by atoms with van der Waals surface area (Å²) in [4.78, 5) is 8.87. The lowest BCUT2D eigenvalue weighted by Crippen LogP contribution is -2.04. The molecule has 2 nitrogen and oxygen atoms in total. The van der Waals surface area contributed by atoms with Crippen LogP contribution in [0.2, 0.25) is 0 Å². The molecule has 0 saturated heterocycles. The van der Waals surface area contributed by atoms with Gasteiger partial charge in [-0.05, 0) is 71.9 Å². The predicted octanol–water partition coefficient (Wildman–Crippen LogP) is 7.48. The molecule has 0 aliphatic rings. The van der Waals surface area contributed by atoms with E-state index >= 15 is 4.39 Å². The van der Waals surface area contributed by atoms with Gasteiger partial charge in [0, 0.05) is 24.2 Å². The van der Waals surface area contributed by atoms with E-state index in [1.807, 2.05) is 36.7 Å². The van der Waals surface area contributed by atoms with Crippen LogP contribution >= 0.6 is 0 Å². The topological polar surface area (TPSA) is 25.8 Å². The summed E-state index contributed by atoms with van der Waals surface area (Å²) < 4.78 is 53.3. The van der Waals surface area contributed by atoms with Crippen LogP contribution in [0.3, 0.4) is 0 Å². The predicted molar refractivity (Wildman–Crippen MR) is 131 cm³/mol. The van der Waals surface area contributed by atoms with Gasteiger partial charge in [-0.25, -0.2) is 14.4 Å². The smallest absolute Gasteiger partial charge is 0.241 e. The van der Waals surface area contributed by atoms with Gasteiger partial charge >= 0.3 is 6.18 Å². The number of allylic oxidation sites excluding steroid dienone is 1. The quantitative estimate of drug-likeness (QED) is 0.184. The van der Waals surface area contributed by atoms with E-state index < -0.39 is 11.7 Å². The zero-order valence-electron chi connectivity index (χ0n) is 19.3. The Balaban J connectivity index is 1.39. The van der Waals surface area contributed by atoms with Crippen molar-refractivity contribution in [1.82, 2.24) is 9.97 Å². The van der Waals surface area contributed by atoms with Gasteiger partial charge in [0.05, 0.1) is 5.56 Å². The molecular weight excluding hydrogens is 452 g/mol. The maximum atomic E-state index is 15.1. The van der Waals surface area contributed by atoms with E-state index in [0.717, 1.165) is 59.3 Å². The second kappa shape index (κ2) is 10.8. The van der Waals surface area contributed by atoms with Crippen LogP contribution in [0.4, 0.5) is 17.6 Å². The van der Waals surface area contributed by atoms with Crippen molar-refractivity contribution in [2.45, 2.75) is 44.7 Å². The molecule has 0 spiro atoms. The van der Waals surface area contributed by atoms with Gasteiger partial charge in [-0.3, -0.25) is 0 Å². The lowest BCUT2D eigenvalue weighted by Gasteiger charge is -2.10. The summed E-state index contributed by atoms with van der Waals surface area (Å²) in [6, 6.07) is 14.4. The number of fused-ring (bicyclic) bond motifs is 1. The first-order valence-corrected chi connectivity index (χ1v) is 11.6. The largest absolute Gasteiger partial charge is 0.416 e. The Morgan fingerprint density at radius 2 is 1.43 bits per heavy atom. The van der Waals surface area contributed by atoms with Crippen molar-refractivity contribution in [2.75, 3.05) is 0 Å². The Labute approximate surface area is 202 Å². The normalized spacial score (nSPS) is 11.7. The van der Waals surface area contributed by atoms with Gasteiger partial charge in [0.1, 0.15) is 11.6 Å². The molecule has 0 unspecified atom stereocenters. The second-order valence-corrected chi connectivity index (χ2v) is 8.62. The molecular formula is C29H26F4N2. The number of aryl methyl sites for hydroxylation is 5. The Kier molecular flexibility index (Phi) is 7.59. The van der Waals surface area contributed by atoms with Crippen LogP contribution in [0.25, 0.3) is 10.8 Å². The van der Waals surface area contributed by atoms with Crippen molar-refractivity contribution < 1.29 is 17.6 Å². The van der Waals surface area contributed by atoms with Crippen LogP contribution < -0.4 is 0 Å². The molecule has 4 rings (SSSR count). The molecule has 0 aliphatic heterocycles. The fraction of sp³-hybridized carbons (Fsp3) is 0.241. The molecule has 0 bridgehead atoms. The molecule has 0 fully saturated rings. The third-order valence-corrected chi connectivity index (χ3v) is 6.10. The van der Waals surface area contributed by atoms with E-state index in [4.69, 9.17) is 0 Å². The number of nitrogens with zero attached hydrogens (tertiary/aromatic N) is 2. The summed E-state index contributed by atoms with van der Waals surface area (Å²) in [5, 5.41) is 1.36. The second-order valence-electron chi connectivity index (χ2n) is 8.62. The van der Waals surface area contributed by atoms with E-state index in [1.165, 1.54) is 12.1 Å². The minimum absolute atomic E-state index is 0.278. The highest BCUT2D eigenvalue weighted by atomic mass is 19.4. The Morgan fingerprint density at radius 1 is 0.743 bits per heavy atom. The van der Waals surface area contributed by atoms with Gasteiger partial charge < -0.3 is 0 Å². The molecule has 180 valence electrons. The summed E-state index contributed by atoms with van der Waals surface area (Å²) in [5.41, 5.74) is 2.78. The number of halogens is 4. The highest BCUT2D eigenvalue weighted by Crippen LogP contribution is 2.29. The Bertz CT molecular complexity index is 1290. The Morgan fingerprint density at radius 3 is 2.11 bits per heavy atom. The number of rotatable bonds is 9. The molecule has 0 radical (unpaired) electrons. The van der Waals surface area contributed by atoms with E-state index in [1.54, 1.807) is 12.1 Å². The monoisotopic (exact) mass is 478 g/mol. The molecule has 0 atom stereocenters. The van der Waals surface area contributed by atoms with E-state index in [-0.39, 0.29) is 5.82 Å². The van der Waals surface area contributed by atoms with Crippen molar-refractivity contribution in [2.24, 2.45) is 0 Å². The summed E-state index contributed by atoms with van der Waals surface area (Å²) in [6.07, 6.45) is 5.32. The molecule has 3 aromatic carbocycles. The van der Waals surface area contributed by atoms with E-state index in [2.05, 4.69) is 16.5 Å². The number of alkyl halides is 3. The maximum Gasteiger partial charge on any atom is 0.416 e. The third kappa shape index (κ3) is 6.32. The summed E-state index contributed by atoms with van der Waals surface area (Å²) >= 11 is 0. The molecule has 1 heterocycles. The minimum Gasteiger partial charge on any atom is -0.241 e. The van der Waals surface area contributed by atoms with Crippen LogP contribution in [-0.2, 0) is 38.3 Å². The van der Waals surface area contributed by atoms with Crippen LogP contribution in [0.5, 0.6) is 0 Å². The zero-order valence-corrected chi connectivity index (χ0v) is 19.3. The van der Waals surface area contributed by atoms with Crippen LogP contribution in [0.15, 0.2) is 79.6 Å². The first-order chi connectivity index (χ1) is 16.8. The molecule has 35 heavy (non-hydrogen) atoms. The number of benzene rings is 3. The zero-order chi connectivity index (χ0) is 24.8. The molecule has 1 aromatic heterocycles.